The number of carbonyl (C=O) groups is 1. The van der Waals surface area contributed by atoms with Gasteiger partial charge in [-0.1, -0.05) is 15.9 Å². The molecule has 0 spiro atoms. The van der Waals surface area contributed by atoms with Crippen molar-refractivity contribution in [3.05, 3.63) is 46.6 Å². The van der Waals surface area contributed by atoms with E-state index in [1.807, 2.05) is 0 Å². The largest absolute Gasteiger partial charge is 0.486 e. The normalized spacial score (nSPS) is 12.8. The minimum atomic E-state index is -0.243. The lowest BCUT2D eigenvalue weighted by atomic mass is 10.2. The molecule has 0 atom stereocenters. The maximum Gasteiger partial charge on any atom is 0.256 e. The van der Waals surface area contributed by atoms with E-state index < -0.39 is 0 Å². The molecule has 5 nitrogen and oxygen atoms in total. The monoisotopic (exact) mass is 334 g/mol. The van der Waals surface area contributed by atoms with Crippen molar-refractivity contribution in [1.82, 2.24) is 4.98 Å². The maximum atomic E-state index is 12.1. The molecule has 1 aromatic heterocycles. The molecule has 1 aliphatic heterocycles. The molecule has 0 aliphatic carbocycles. The number of hydrogen-bond acceptors (Lipinski definition) is 4. The summed E-state index contributed by atoms with van der Waals surface area (Å²) in [6, 6.07) is 8.62. The van der Waals surface area contributed by atoms with Crippen LogP contribution < -0.4 is 14.8 Å². The molecule has 0 bridgehead atoms. The smallest absolute Gasteiger partial charge is 0.256 e. The molecule has 1 aliphatic rings. The van der Waals surface area contributed by atoms with Crippen LogP contribution in [0.1, 0.15) is 10.4 Å². The first kappa shape index (κ1) is 12.9. The number of benzene rings is 1. The Bertz CT molecular complexity index is 661. The standard InChI is InChI=1S/C14H11BrN2O3/c15-10-3-4-16-13(8-10)17-14(18)9-1-2-11-12(7-9)20-6-5-19-11/h1-4,7-8H,5-6H2,(H,16,17,18). The zero-order valence-electron chi connectivity index (χ0n) is 10.4. The summed E-state index contributed by atoms with van der Waals surface area (Å²) in [5, 5.41) is 2.73. The Kier molecular flexibility index (Phi) is 3.56. The first-order valence-corrected chi connectivity index (χ1v) is 6.84. The molecule has 2 heterocycles. The van der Waals surface area contributed by atoms with Gasteiger partial charge in [-0.2, -0.15) is 0 Å². The summed E-state index contributed by atoms with van der Waals surface area (Å²) in [6.07, 6.45) is 1.61. The molecule has 20 heavy (non-hydrogen) atoms. The second kappa shape index (κ2) is 5.50. The lowest BCUT2D eigenvalue weighted by molar-refractivity contribution is 0.102. The number of halogens is 1. The predicted molar refractivity (Wildman–Crippen MR) is 77.3 cm³/mol. The van der Waals surface area contributed by atoms with E-state index in [4.69, 9.17) is 9.47 Å². The fraction of sp³-hybridized carbons (Fsp3) is 0.143. The van der Waals surface area contributed by atoms with Gasteiger partial charge in [0.15, 0.2) is 11.5 Å². The number of hydrogen-bond donors (Lipinski definition) is 1. The molecule has 0 fully saturated rings. The fourth-order valence-electron chi connectivity index (χ4n) is 1.85. The van der Waals surface area contributed by atoms with Crippen LogP contribution in [0.25, 0.3) is 0 Å². The van der Waals surface area contributed by atoms with Gasteiger partial charge in [-0.15, -0.1) is 0 Å². The van der Waals surface area contributed by atoms with Crippen LogP contribution in [-0.2, 0) is 0 Å². The maximum absolute atomic E-state index is 12.1. The van der Waals surface area contributed by atoms with Gasteiger partial charge in [-0.25, -0.2) is 4.98 Å². The molecule has 0 radical (unpaired) electrons. The number of nitrogens with one attached hydrogen (secondary N) is 1. The number of aromatic nitrogens is 1. The molecule has 0 saturated carbocycles. The van der Waals surface area contributed by atoms with E-state index in [1.165, 1.54) is 0 Å². The third-order valence-corrected chi connectivity index (χ3v) is 3.26. The minimum Gasteiger partial charge on any atom is -0.486 e. The Morgan fingerprint density at radius 1 is 1.15 bits per heavy atom. The number of amides is 1. The Labute approximate surface area is 124 Å². The molecule has 6 heteroatoms. The number of nitrogens with zero attached hydrogens (tertiary/aromatic N) is 1. The molecule has 1 amide bonds. The van der Waals surface area contributed by atoms with Gasteiger partial charge in [0.2, 0.25) is 0 Å². The second-order valence-electron chi connectivity index (χ2n) is 4.17. The first-order chi connectivity index (χ1) is 9.72. The first-order valence-electron chi connectivity index (χ1n) is 6.05. The van der Waals surface area contributed by atoms with E-state index >= 15 is 0 Å². The van der Waals surface area contributed by atoms with Crippen molar-refractivity contribution in [3.8, 4) is 11.5 Å². The van der Waals surface area contributed by atoms with Crippen LogP contribution >= 0.6 is 15.9 Å². The molecule has 1 aromatic carbocycles. The fourth-order valence-corrected chi connectivity index (χ4v) is 2.18. The van der Waals surface area contributed by atoms with Crippen molar-refractivity contribution < 1.29 is 14.3 Å². The highest BCUT2D eigenvalue weighted by molar-refractivity contribution is 9.10. The van der Waals surface area contributed by atoms with Gasteiger partial charge in [0.1, 0.15) is 19.0 Å². The lowest BCUT2D eigenvalue weighted by Gasteiger charge is -2.18. The van der Waals surface area contributed by atoms with Crippen LogP contribution in [0.4, 0.5) is 5.82 Å². The number of pyridine rings is 1. The van der Waals surface area contributed by atoms with Gasteiger partial charge < -0.3 is 14.8 Å². The van der Waals surface area contributed by atoms with Crippen LogP contribution in [0.5, 0.6) is 11.5 Å². The van der Waals surface area contributed by atoms with Gasteiger partial charge in [0.05, 0.1) is 0 Å². The highest BCUT2D eigenvalue weighted by Gasteiger charge is 2.15. The van der Waals surface area contributed by atoms with Gasteiger partial charge in [0.25, 0.3) is 5.91 Å². The molecule has 1 N–H and O–H groups in total. The topological polar surface area (TPSA) is 60.5 Å². The zero-order valence-corrected chi connectivity index (χ0v) is 12.0. The third-order valence-electron chi connectivity index (χ3n) is 2.77. The summed E-state index contributed by atoms with van der Waals surface area (Å²) in [6.45, 7) is 1.02. The quantitative estimate of drug-likeness (QED) is 0.917. The molecule has 0 saturated heterocycles. The van der Waals surface area contributed by atoms with Crippen molar-refractivity contribution in [2.24, 2.45) is 0 Å². The predicted octanol–water partition coefficient (Wildman–Crippen LogP) is 2.87. The number of rotatable bonds is 2. The summed E-state index contributed by atoms with van der Waals surface area (Å²) in [5.74, 6) is 1.49. The van der Waals surface area contributed by atoms with Crippen molar-refractivity contribution in [2.75, 3.05) is 18.5 Å². The van der Waals surface area contributed by atoms with E-state index in [0.717, 1.165) is 4.47 Å². The molecule has 0 unspecified atom stereocenters. The van der Waals surface area contributed by atoms with E-state index in [1.54, 1.807) is 36.5 Å². The summed E-state index contributed by atoms with van der Waals surface area (Å²) in [4.78, 5) is 16.2. The van der Waals surface area contributed by atoms with Crippen LogP contribution in [0.15, 0.2) is 41.0 Å². The second-order valence-corrected chi connectivity index (χ2v) is 5.09. The Balaban J connectivity index is 1.80. The Morgan fingerprint density at radius 2 is 1.95 bits per heavy atom. The van der Waals surface area contributed by atoms with Gasteiger partial charge in [0, 0.05) is 16.2 Å². The Hall–Kier alpha value is -2.08. The average molecular weight is 335 g/mol. The molecule has 3 rings (SSSR count). The van der Waals surface area contributed by atoms with Crippen molar-refractivity contribution >= 4 is 27.7 Å². The molecule has 102 valence electrons. The molecule has 2 aromatic rings. The summed E-state index contributed by atoms with van der Waals surface area (Å²) < 4.78 is 11.7. The van der Waals surface area contributed by atoms with Crippen LogP contribution in [0, 0.1) is 0 Å². The number of anilines is 1. The molecular weight excluding hydrogens is 324 g/mol. The SMILES string of the molecule is O=C(Nc1cc(Br)ccn1)c1ccc2c(c1)OCCO2. The average Bonchev–Trinajstić information content (AvgIpc) is 2.47. The van der Waals surface area contributed by atoms with Crippen LogP contribution in [-0.4, -0.2) is 24.1 Å². The van der Waals surface area contributed by atoms with Crippen LogP contribution in [0.2, 0.25) is 0 Å². The summed E-state index contributed by atoms with van der Waals surface area (Å²) >= 11 is 3.33. The lowest BCUT2D eigenvalue weighted by Crippen LogP contribution is -2.17. The number of fused-ring (bicyclic) bond motifs is 1. The molecular formula is C14H11BrN2O3. The number of carbonyl (C=O) groups excluding carboxylic acids is 1. The van der Waals surface area contributed by atoms with Gasteiger partial charge in [-0.3, -0.25) is 4.79 Å². The highest BCUT2D eigenvalue weighted by Crippen LogP contribution is 2.30. The van der Waals surface area contributed by atoms with Crippen molar-refractivity contribution in [2.45, 2.75) is 0 Å². The zero-order chi connectivity index (χ0) is 13.9. The van der Waals surface area contributed by atoms with Crippen LogP contribution in [0.3, 0.4) is 0 Å². The third kappa shape index (κ3) is 2.75. The minimum absolute atomic E-state index is 0.243. The van der Waals surface area contributed by atoms with E-state index in [9.17, 15) is 4.79 Å². The summed E-state index contributed by atoms with van der Waals surface area (Å²) in [5.41, 5.74) is 0.496. The van der Waals surface area contributed by atoms with E-state index in [2.05, 4.69) is 26.2 Å². The van der Waals surface area contributed by atoms with Crippen molar-refractivity contribution in [1.29, 1.82) is 0 Å². The highest BCUT2D eigenvalue weighted by atomic mass is 79.9. The van der Waals surface area contributed by atoms with Gasteiger partial charge >= 0.3 is 0 Å². The number of ether oxygens (including phenoxy) is 2. The van der Waals surface area contributed by atoms with E-state index in [0.29, 0.717) is 36.1 Å². The van der Waals surface area contributed by atoms with Gasteiger partial charge in [-0.05, 0) is 30.3 Å². The Morgan fingerprint density at radius 3 is 2.75 bits per heavy atom. The van der Waals surface area contributed by atoms with Crippen molar-refractivity contribution in [3.63, 3.8) is 0 Å². The van der Waals surface area contributed by atoms with E-state index in [-0.39, 0.29) is 5.91 Å². The summed E-state index contributed by atoms with van der Waals surface area (Å²) in [7, 11) is 0.